The number of nitro groups is 1. The molecule has 1 unspecified atom stereocenters. The van der Waals surface area contributed by atoms with E-state index in [0.717, 1.165) is 17.5 Å². The van der Waals surface area contributed by atoms with Gasteiger partial charge in [-0.25, -0.2) is 0 Å². The normalized spacial score (nSPS) is 20.0. The minimum absolute atomic E-state index is 0.00677. The molecular formula is C18H18N2O3. The molecule has 23 heavy (non-hydrogen) atoms. The van der Waals surface area contributed by atoms with Gasteiger partial charge in [-0.2, -0.15) is 0 Å². The maximum absolute atomic E-state index is 11.9. The lowest BCUT2D eigenvalue weighted by atomic mass is 9.71. The average molecular weight is 310 g/mol. The highest BCUT2D eigenvalue weighted by Gasteiger charge is 2.38. The molecule has 1 atom stereocenters. The van der Waals surface area contributed by atoms with Crippen molar-refractivity contribution in [2.75, 3.05) is 11.4 Å². The van der Waals surface area contributed by atoms with Crippen molar-refractivity contribution >= 4 is 17.3 Å². The van der Waals surface area contributed by atoms with E-state index in [-0.39, 0.29) is 17.0 Å². The van der Waals surface area contributed by atoms with Crippen LogP contribution in [0.15, 0.2) is 48.5 Å². The van der Waals surface area contributed by atoms with E-state index in [2.05, 4.69) is 19.1 Å². The Kier molecular flexibility index (Phi) is 3.64. The first kappa shape index (κ1) is 15.2. The van der Waals surface area contributed by atoms with Crippen LogP contribution in [0.3, 0.4) is 0 Å². The third-order valence-corrected chi connectivity index (χ3v) is 4.70. The number of amides is 1. The van der Waals surface area contributed by atoms with Gasteiger partial charge in [0.05, 0.1) is 10.6 Å². The van der Waals surface area contributed by atoms with Gasteiger partial charge in [-0.15, -0.1) is 0 Å². The highest BCUT2D eigenvalue weighted by Crippen LogP contribution is 2.45. The second kappa shape index (κ2) is 5.50. The fourth-order valence-corrected chi connectivity index (χ4v) is 3.35. The van der Waals surface area contributed by atoms with E-state index in [1.54, 1.807) is 11.0 Å². The van der Waals surface area contributed by atoms with Crippen LogP contribution < -0.4 is 4.90 Å². The summed E-state index contributed by atoms with van der Waals surface area (Å²) >= 11 is 0. The number of carbonyl (C=O) groups excluding carboxylic acids is 1. The second-order valence-electron chi connectivity index (χ2n) is 6.08. The quantitative estimate of drug-likeness (QED) is 0.628. The minimum Gasteiger partial charge on any atom is -0.312 e. The molecule has 0 bridgehead atoms. The van der Waals surface area contributed by atoms with Crippen LogP contribution in [0.4, 0.5) is 11.4 Å². The summed E-state index contributed by atoms with van der Waals surface area (Å²) in [5.41, 5.74) is 2.49. The van der Waals surface area contributed by atoms with Gasteiger partial charge in [-0.05, 0) is 23.6 Å². The van der Waals surface area contributed by atoms with Gasteiger partial charge < -0.3 is 4.90 Å². The number of benzene rings is 2. The molecule has 0 aromatic heterocycles. The van der Waals surface area contributed by atoms with Crippen LogP contribution in [0.5, 0.6) is 0 Å². The van der Waals surface area contributed by atoms with Gasteiger partial charge in [0.1, 0.15) is 0 Å². The van der Waals surface area contributed by atoms with E-state index in [1.165, 1.54) is 19.1 Å². The Morgan fingerprint density at radius 3 is 2.52 bits per heavy atom. The molecule has 0 saturated heterocycles. The van der Waals surface area contributed by atoms with Crippen molar-refractivity contribution in [3.63, 3.8) is 0 Å². The van der Waals surface area contributed by atoms with Crippen LogP contribution in [0, 0.1) is 10.1 Å². The predicted octanol–water partition coefficient (Wildman–Crippen LogP) is 3.66. The Balaban J connectivity index is 2.20. The molecule has 118 valence electrons. The first-order chi connectivity index (χ1) is 10.9. The number of fused-ring (bicyclic) bond motifs is 1. The molecule has 0 aliphatic carbocycles. The van der Waals surface area contributed by atoms with Gasteiger partial charge in [0, 0.05) is 31.0 Å². The fourth-order valence-electron chi connectivity index (χ4n) is 3.35. The van der Waals surface area contributed by atoms with Gasteiger partial charge in [0.25, 0.3) is 5.69 Å². The van der Waals surface area contributed by atoms with Crippen LogP contribution in [0.2, 0.25) is 0 Å². The van der Waals surface area contributed by atoms with Gasteiger partial charge >= 0.3 is 0 Å². The summed E-state index contributed by atoms with van der Waals surface area (Å²) in [7, 11) is 0. The number of nitrogens with zero attached hydrogens (tertiary/aromatic N) is 2. The molecule has 1 aliphatic rings. The summed E-state index contributed by atoms with van der Waals surface area (Å²) < 4.78 is 0. The van der Waals surface area contributed by atoms with E-state index in [1.807, 2.05) is 18.2 Å². The molecule has 5 heteroatoms. The topological polar surface area (TPSA) is 63.5 Å². The molecule has 2 aromatic rings. The van der Waals surface area contributed by atoms with Crippen LogP contribution in [0.1, 0.15) is 31.4 Å². The second-order valence-corrected chi connectivity index (χ2v) is 6.08. The van der Waals surface area contributed by atoms with Crippen molar-refractivity contribution < 1.29 is 9.72 Å². The Morgan fingerprint density at radius 1 is 1.22 bits per heavy atom. The Hall–Kier alpha value is -2.69. The standard InChI is InChI=1S/C18H18N2O3/c1-13(21)19-11-10-18(2,14-6-4-3-5-7-14)16-9-8-15(20(22)23)12-17(16)19/h3-9,12H,10-11H2,1-2H3. The molecule has 0 N–H and O–H groups in total. The number of anilines is 1. The maximum Gasteiger partial charge on any atom is 0.271 e. The summed E-state index contributed by atoms with van der Waals surface area (Å²) in [4.78, 5) is 24.3. The van der Waals surface area contributed by atoms with E-state index >= 15 is 0 Å². The number of carbonyl (C=O) groups is 1. The summed E-state index contributed by atoms with van der Waals surface area (Å²) in [5, 5.41) is 11.1. The van der Waals surface area contributed by atoms with E-state index in [0.29, 0.717) is 12.2 Å². The van der Waals surface area contributed by atoms with Gasteiger partial charge in [0.2, 0.25) is 5.91 Å². The largest absolute Gasteiger partial charge is 0.312 e. The third-order valence-electron chi connectivity index (χ3n) is 4.70. The van der Waals surface area contributed by atoms with Crippen molar-refractivity contribution in [1.82, 2.24) is 0 Å². The molecule has 5 nitrogen and oxygen atoms in total. The third kappa shape index (κ3) is 2.48. The molecule has 2 aromatic carbocycles. The smallest absolute Gasteiger partial charge is 0.271 e. The zero-order chi connectivity index (χ0) is 16.6. The number of non-ortho nitro benzene ring substituents is 1. The molecule has 0 spiro atoms. The molecule has 1 amide bonds. The molecular weight excluding hydrogens is 292 g/mol. The van der Waals surface area contributed by atoms with Gasteiger partial charge in [0.15, 0.2) is 0 Å². The Labute approximate surface area is 134 Å². The monoisotopic (exact) mass is 310 g/mol. The molecule has 1 heterocycles. The van der Waals surface area contributed by atoms with E-state index in [4.69, 9.17) is 0 Å². The molecule has 1 aliphatic heterocycles. The highest BCUT2D eigenvalue weighted by molar-refractivity contribution is 5.94. The van der Waals surface area contributed by atoms with Gasteiger partial charge in [-0.3, -0.25) is 14.9 Å². The first-order valence-electron chi connectivity index (χ1n) is 7.56. The fraction of sp³-hybridized carbons (Fsp3) is 0.278. The minimum atomic E-state index is -0.424. The zero-order valence-corrected chi connectivity index (χ0v) is 13.2. The Morgan fingerprint density at radius 2 is 1.91 bits per heavy atom. The van der Waals surface area contributed by atoms with E-state index in [9.17, 15) is 14.9 Å². The van der Waals surface area contributed by atoms with Crippen LogP contribution in [-0.2, 0) is 10.2 Å². The SMILES string of the molecule is CC(=O)N1CCC(C)(c2ccccc2)c2ccc([N+](=O)[O-])cc21. The summed E-state index contributed by atoms with van der Waals surface area (Å²) in [6, 6.07) is 14.9. The van der Waals surface area contributed by atoms with Crippen LogP contribution in [0.25, 0.3) is 0 Å². The highest BCUT2D eigenvalue weighted by atomic mass is 16.6. The molecule has 0 radical (unpaired) electrons. The molecule has 0 saturated carbocycles. The molecule has 3 rings (SSSR count). The molecule has 0 fully saturated rings. The van der Waals surface area contributed by atoms with E-state index < -0.39 is 4.92 Å². The van der Waals surface area contributed by atoms with Crippen LogP contribution >= 0.6 is 0 Å². The predicted molar refractivity (Wildman–Crippen MR) is 88.6 cm³/mol. The Bertz CT molecular complexity index is 773. The lowest BCUT2D eigenvalue weighted by molar-refractivity contribution is -0.384. The maximum atomic E-state index is 11.9. The lowest BCUT2D eigenvalue weighted by Gasteiger charge is -2.41. The summed E-state index contributed by atoms with van der Waals surface area (Å²) in [6.45, 7) is 4.17. The number of rotatable bonds is 2. The van der Waals surface area contributed by atoms with Gasteiger partial charge in [-0.1, -0.05) is 37.3 Å². The van der Waals surface area contributed by atoms with Crippen molar-refractivity contribution in [3.8, 4) is 0 Å². The van der Waals surface area contributed by atoms with Crippen molar-refractivity contribution in [3.05, 3.63) is 69.8 Å². The van der Waals surface area contributed by atoms with Crippen LogP contribution in [-0.4, -0.2) is 17.4 Å². The summed E-state index contributed by atoms with van der Waals surface area (Å²) in [6.07, 6.45) is 0.779. The van der Waals surface area contributed by atoms with Crippen molar-refractivity contribution in [2.24, 2.45) is 0 Å². The van der Waals surface area contributed by atoms with Crippen molar-refractivity contribution in [1.29, 1.82) is 0 Å². The number of hydrogen-bond donors (Lipinski definition) is 0. The first-order valence-corrected chi connectivity index (χ1v) is 7.56. The lowest BCUT2D eigenvalue weighted by Crippen LogP contribution is -2.41. The van der Waals surface area contributed by atoms with Crippen molar-refractivity contribution in [2.45, 2.75) is 25.7 Å². The average Bonchev–Trinajstić information content (AvgIpc) is 2.55. The number of nitro benzene ring substituents is 1. The zero-order valence-electron chi connectivity index (χ0n) is 13.2. The summed E-state index contributed by atoms with van der Waals surface area (Å²) in [5.74, 6) is -0.0955. The number of hydrogen-bond acceptors (Lipinski definition) is 3.